The predicted octanol–water partition coefficient (Wildman–Crippen LogP) is 3.70. The number of halogens is 2. The third-order valence-electron chi connectivity index (χ3n) is 5.29. The van der Waals surface area contributed by atoms with E-state index in [4.69, 9.17) is 20.9 Å². The Morgan fingerprint density at radius 2 is 2.16 bits per heavy atom. The van der Waals surface area contributed by atoms with E-state index in [1.807, 2.05) is 6.07 Å². The van der Waals surface area contributed by atoms with Gasteiger partial charge in [0.15, 0.2) is 5.65 Å². The van der Waals surface area contributed by atoms with Gasteiger partial charge in [0.25, 0.3) is 0 Å². The van der Waals surface area contributed by atoms with Crippen molar-refractivity contribution in [1.29, 1.82) is 0 Å². The Labute approximate surface area is 192 Å². The minimum Gasteiger partial charge on any atom is -0.383 e. The highest BCUT2D eigenvalue weighted by Crippen LogP contribution is 2.30. The van der Waals surface area contributed by atoms with E-state index in [1.54, 1.807) is 25.6 Å². The lowest BCUT2D eigenvalue weighted by Gasteiger charge is -2.19. The van der Waals surface area contributed by atoms with Crippen molar-refractivity contribution in [3.63, 3.8) is 0 Å². The topological polar surface area (TPSA) is 114 Å². The first-order chi connectivity index (χ1) is 15.5. The molecule has 168 valence electrons. The smallest absolute Gasteiger partial charge is 0.165 e. The molecule has 4 aromatic rings. The monoisotopic (exact) mass is 502 g/mol. The van der Waals surface area contributed by atoms with E-state index in [1.165, 1.54) is 16.6 Å². The van der Waals surface area contributed by atoms with Crippen LogP contribution in [0, 0.1) is 5.82 Å². The molecule has 1 aliphatic rings. The number of pyridine rings is 1. The second-order valence-electron chi connectivity index (χ2n) is 7.39. The molecule has 4 N–H and O–H groups in total. The first-order valence-corrected chi connectivity index (χ1v) is 11.0. The standard InChI is InChI=1S/C16H12BrFN6.C6H12O2/c17-14-13(5-19)23-16-11(7-22-24(16)15(14)20)9-3-8-4-10(18)1-2-12(8)21-6-9;1-7-6-3-2-4-8-5-6/h1-4,6-7H,5,19-20H2;6H,2-5H2,1H3. The summed E-state index contributed by atoms with van der Waals surface area (Å²) in [6, 6.07) is 6.33. The van der Waals surface area contributed by atoms with Crippen LogP contribution >= 0.6 is 15.9 Å². The Morgan fingerprint density at radius 1 is 1.31 bits per heavy atom. The Kier molecular flexibility index (Phi) is 6.95. The van der Waals surface area contributed by atoms with Gasteiger partial charge in [-0.3, -0.25) is 4.98 Å². The Balaban J connectivity index is 0.000000260. The molecule has 8 nitrogen and oxygen atoms in total. The fourth-order valence-corrected chi connectivity index (χ4v) is 3.95. The summed E-state index contributed by atoms with van der Waals surface area (Å²) in [5.74, 6) is 0.115. The average molecular weight is 503 g/mol. The summed E-state index contributed by atoms with van der Waals surface area (Å²) in [6.45, 7) is 1.95. The molecule has 1 aromatic carbocycles. The third kappa shape index (κ3) is 4.58. The molecule has 1 fully saturated rings. The summed E-state index contributed by atoms with van der Waals surface area (Å²) in [5.41, 5.74) is 15.3. The number of nitrogens with two attached hydrogens (primary N) is 2. The molecule has 0 saturated carbocycles. The molecule has 0 spiro atoms. The molecule has 3 aromatic heterocycles. The van der Waals surface area contributed by atoms with Crippen molar-refractivity contribution in [2.24, 2.45) is 5.73 Å². The molecule has 0 aliphatic carbocycles. The fraction of sp³-hybridized carbons (Fsp3) is 0.318. The summed E-state index contributed by atoms with van der Waals surface area (Å²) in [4.78, 5) is 8.91. The second-order valence-corrected chi connectivity index (χ2v) is 8.18. The van der Waals surface area contributed by atoms with Crippen molar-refractivity contribution >= 4 is 38.3 Å². The molecule has 10 heteroatoms. The highest BCUT2D eigenvalue weighted by molar-refractivity contribution is 9.10. The summed E-state index contributed by atoms with van der Waals surface area (Å²) >= 11 is 3.39. The Bertz CT molecular complexity index is 1240. The number of nitrogens with zero attached hydrogens (tertiary/aromatic N) is 4. The van der Waals surface area contributed by atoms with Gasteiger partial charge in [0.05, 0.1) is 34.6 Å². The van der Waals surface area contributed by atoms with E-state index in [2.05, 4.69) is 31.0 Å². The zero-order chi connectivity index (χ0) is 22.7. The number of anilines is 1. The molecule has 0 amide bonds. The first-order valence-electron chi connectivity index (χ1n) is 10.2. The molecule has 0 bridgehead atoms. The van der Waals surface area contributed by atoms with Gasteiger partial charge in [0.2, 0.25) is 0 Å². The highest BCUT2D eigenvalue weighted by atomic mass is 79.9. The lowest BCUT2D eigenvalue weighted by molar-refractivity contribution is -0.0291. The van der Waals surface area contributed by atoms with Gasteiger partial charge in [-0.15, -0.1) is 0 Å². The fourth-order valence-electron chi connectivity index (χ4n) is 3.53. The van der Waals surface area contributed by atoms with Crippen LogP contribution in [0.25, 0.3) is 27.7 Å². The molecule has 1 saturated heterocycles. The number of rotatable bonds is 3. The number of fused-ring (bicyclic) bond motifs is 2. The number of nitrogen functional groups attached to an aromatic ring is 1. The maximum absolute atomic E-state index is 13.5. The number of hydrogen-bond donors (Lipinski definition) is 2. The molecule has 0 radical (unpaired) electrons. The SMILES string of the molecule is COC1CCCOC1.NCc1nc2c(-c3cnc4ccc(F)cc4c3)cnn2c(N)c1Br. The predicted molar refractivity (Wildman–Crippen MR) is 125 cm³/mol. The number of methoxy groups -OCH3 is 1. The van der Waals surface area contributed by atoms with Gasteiger partial charge in [-0.1, -0.05) is 0 Å². The normalized spacial score (nSPS) is 16.2. The van der Waals surface area contributed by atoms with Crippen LogP contribution in [0.3, 0.4) is 0 Å². The minimum atomic E-state index is -0.307. The zero-order valence-corrected chi connectivity index (χ0v) is 19.2. The summed E-state index contributed by atoms with van der Waals surface area (Å²) in [7, 11) is 1.74. The summed E-state index contributed by atoms with van der Waals surface area (Å²) < 4.78 is 25.8. The van der Waals surface area contributed by atoms with E-state index in [-0.39, 0.29) is 12.4 Å². The third-order valence-corrected chi connectivity index (χ3v) is 6.15. The van der Waals surface area contributed by atoms with E-state index in [9.17, 15) is 4.39 Å². The minimum absolute atomic E-state index is 0.243. The van der Waals surface area contributed by atoms with Crippen molar-refractivity contribution in [2.75, 3.05) is 26.1 Å². The largest absolute Gasteiger partial charge is 0.383 e. The van der Waals surface area contributed by atoms with Gasteiger partial charge < -0.3 is 20.9 Å². The first kappa shape index (κ1) is 22.5. The van der Waals surface area contributed by atoms with Crippen molar-refractivity contribution in [2.45, 2.75) is 25.5 Å². The van der Waals surface area contributed by atoms with E-state index < -0.39 is 0 Å². The van der Waals surface area contributed by atoms with Crippen molar-refractivity contribution in [3.8, 4) is 11.1 Å². The van der Waals surface area contributed by atoms with E-state index in [0.717, 1.165) is 42.7 Å². The number of hydrogen-bond acceptors (Lipinski definition) is 7. The lowest BCUT2D eigenvalue weighted by Crippen LogP contribution is -2.23. The highest BCUT2D eigenvalue weighted by Gasteiger charge is 2.16. The lowest BCUT2D eigenvalue weighted by atomic mass is 10.1. The van der Waals surface area contributed by atoms with Crippen LogP contribution in [-0.2, 0) is 16.0 Å². The van der Waals surface area contributed by atoms with Crippen molar-refractivity contribution < 1.29 is 13.9 Å². The zero-order valence-electron chi connectivity index (χ0n) is 17.6. The Hall–Kier alpha value is -2.66. The van der Waals surface area contributed by atoms with E-state index >= 15 is 0 Å². The molecule has 1 unspecified atom stereocenters. The van der Waals surface area contributed by atoms with E-state index in [0.29, 0.717) is 33.1 Å². The molecular formula is C22H24BrFN6O2. The van der Waals surface area contributed by atoms with Crippen molar-refractivity contribution in [3.05, 3.63) is 52.6 Å². The van der Waals surface area contributed by atoms with Gasteiger partial charge in [-0.05, 0) is 53.0 Å². The maximum Gasteiger partial charge on any atom is 0.165 e. The van der Waals surface area contributed by atoms with Gasteiger partial charge in [-0.2, -0.15) is 9.61 Å². The average Bonchev–Trinajstić information content (AvgIpc) is 3.26. The molecule has 1 aliphatic heterocycles. The summed E-state index contributed by atoms with van der Waals surface area (Å²) in [6.07, 6.45) is 6.05. The van der Waals surface area contributed by atoms with Crippen LogP contribution in [0.1, 0.15) is 18.5 Å². The van der Waals surface area contributed by atoms with Crippen LogP contribution in [0.5, 0.6) is 0 Å². The number of aromatic nitrogens is 4. The molecular weight excluding hydrogens is 479 g/mol. The molecule has 32 heavy (non-hydrogen) atoms. The number of ether oxygens (including phenoxy) is 2. The van der Waals surface area contributed by atoms with Crippen LogP contribution in [0.15, 0.2) is 41.1 Å². The van der Waals surface area contributed by atoms with Crippen LogP contribution < -0.4 is 11.5 Å². The molecule has 1 atom stereocenters. The van der Waals surface area contributed by atoms with Gasteiger partial charge >= 0.3 is 0 Å². The maximum atomic E-state index is 13.5. The molecule has 4 heterocycles. The van der Waals surface area contributed by atoms with Gasteiger partial charge in [-0.25, -0.2) is 9.37 Å². The van der Waals surface area contributed by atoms with Crippen LogP contribution in [0.4, 0.5) is 10.2 Å². The van der Waals surface area contributed by atoms with Crippen LogP contribution in [0.2, 0.25) is 0 Å². The molecule has 5 rings (SSSR count). The quantitative estimate of drug-likeness (QED) is 0.438. The van der Waals surface area contributed by atoms with Gasteiger partial charge in [0, 0.05) is 43.0 Å². The Morgan fingerprint density at radius 3 is 2.84 bits per heavy atom. The van der Waals surface area contributed by atoms with Gasteiger partial charge in [0.1, 0.15) is 11.6 Å². The number of benzene rings is 1. The van der Waals surface area contributed by atoms with Crippen molar-refractivity contribution in [1.82, 2.24) is 19.6 Å². The second kappa shape index (κ2) is 9.86. The van der Waals surface area contributed by atoms with Crippen LogP contribution in [-0.4, -0.2) is 46.0 Å². The summed E-state index contributed by atoms with van der Waals surface area (Å²) in [5, 5.41) is 4.99.